The standard InChI is InChI=1S/C10H11BrN2O/c11-8-1-2-9(12-5-8)7-3-10(4-7)6-14-13-10/h1-2,5,7,13H,3-4,6H2. The van der Waals surface area contributed by atoms with Crippen LogP contribution in [-0.4, -0.2) is 17.1 Å². The molecule has 1 aliphatic carbocycles. The zero-order valence-corrected chi connectivity index (χ0v) is 9.25. The number of halogens is 1. The van der Waals surface area contributed by atoms with E-state index in [9.17, 15) is 0 Å². The fourth-order valence-electron chi connectivity index (χ4n) is 2.20. The van der Waals surface area contributed by atoms with Gasteiger partial charge in [0.05, 0.1) is 12.1 Å². The van der Waals surface area contributed by atoms with Gasteiger partial charge in [-0.2, -0.15) is 5.48 Å². The van der Waals surface area contributed by atoms with Crippen LogP contribution in [0.4, 0.5) is 0 Å². The molecule has 1 saturated heterocycles. The van der Waals surface area contributed by atoms with Crippen LogP contribution in [0.3, 0.4) is 0 Å². The Bertz CT molecular complexity index is 340. The van der Waals surface area contributed by atoms with Crippen molar-refractivity contribution in [2.24, 2.45) is 0 Å². The van der Waals surface area contributed by atoms with Crippen LogP contribution in [0.15, 0.2) is 22.8 Å². The van der Waals surface area contributed by atoms with Crippen molar-refractivity contribution in [1.82, 2.24) is 10.5 Å². The number of hydroxylamine groups is 1. The predicted octanol–water partition coefficient (Wildman–Crippen LogP) is 2.00. The molecule has 0 radical (unpaired) electrons. The molecule has 14 heavy (non-hydrogen) atoms. The average molecular weight is 255 g/mol. The second-order valence-corrected chi connectivity index (χ2v) is 5.09. The lowest BCUT2D eigenvalue weighted by Crippen LogP contribution is -2.66. The first-order chi connectivity index (χ1) is 6.77. The summed E-state index contributed by atoms with van der Waals surface area (Å²) in [5, 5.41) is 0. The second-order valence-electron chi connectivity index (χ2n) is 4.18. The quantitative estimate of drug-likeness (QED) is 0.833. The van der Waals surface area contributed by atoms with Crippen molar-refractivity contribution < 1.29 is 4.84 Å². The van der Waals surface area contributed by atoms with Gasteiger partial charge in [-0.05, 0) is 40.9 Å². The monoisotopic (exact) mass is 254 g/mol. The third-order valence-electron chi connectivity index (χ3n) is 3.08. The van der Waals surface area contributed by atoms with E-state index in [1.807, 2.05) is 6.20 Å². The summed E-state index contributed by atoms with van der Waals surface area (Å²) >= 11 is 3.39. The average Bonchev–Trinajstić information content (AvgIpc) is 2.03. The van der Waals surface area contributed by atoms with E-state index in [0.29, 0.717) is 11.5 Å². The largest absolute Gasteiger partial charge is 0.299 e. The molecular formula is C10H11BrN2O. The summed E-state index contributed by atoms with van der Waals surface area (Å²) < 4.78 is 1.04. The summed E-state index contributed by atoms with van der Waals surface area (Å²) in [5.74, 6) is 0.611. The molecule has 0 amide bonds. The van der Waals surface area contributed by atoms with Crippen molar-refractivity contribution in [3.8, 4) is 0 Å². The molecule has 74 valence electrons. The summed E-state index contributed by atoms with van der Waals surface area (Å²) in [6.07, 6.45) is 4.17. The maximum absolute atomic E-state index is 5.01. The highest BCUT2D eigenvalue weighted by atomic mass is 79.9. The zero-order valence-electron chi connectivity index (χ0n) is 7.66. The first-order valence-corrected chi connectivity index (χ1v) is 5.57. The molecule has 3 rings (SSSR count). The molecule has 1 spiro atoms. The van der Waals surface area contributed by atoms with Gasteiger partial charge in [0.1, 0.15) is 0 Å². The van der Waals surface area contributed by atoms with E-state index in [-0.39, 0.29) is 0 Å². The Morgan fingerprint density at radius 1 is 1.50 bits per heavy atom. The summed E-state index contributed by atoms with van der Waals surface area (Å²) in [7, 11) is 0. The van der Waals surface area contributed by atoms with E-state index < -0.39 is 0 Å². The fourth-order valence-corrected chi connectivity index (χ4v) is 2.43. The van der Waals surface area contributed by atoms with Crippen LogP contribution in [0, 0.1) is 0 Å². The lowest BCUT2D eigenvalue weighted by atomic mass is 9.67. The van der Waals surface area contributed by atoms with E-state index in [1.165, 1.54) is 5.69 Å². The molecule has 0 bridgehead atoms. The molecule has 4 heteroatoms. The molecule has 2 heterocycles. The molecule has 1 aromatic heterocycles. The SMILES string of the molecule is Brc1ccc(C2CC3(CON3)C2)nc1. The van der Waals surface area contributed by atoms with Gasteiger partial charge < -0.3 is 0 Å². The minimum atomic E-state index is 0.291. The van der Waals surface area contributed by atoms with Crippen molar-refractivity contribution in [3.63, 3.8) is 0 Å². The lowest BCUT2D eigenvalue weighted by molar-refractivity contribution is -0.196. The number of nitrogens with one attached hydrogen (secondary N) is 1. The molecule has 0 aromatic carbocycles. The van der Waals surface area contributed by atoms with Gasteiger partial charge in [0.15, 0.2) is 0 Å². The second kappa shape index (κ2) is 3.02. The summed E-state index contributed by atoms with van der Waals surface area (Å²) in [5.41, 5.74) is 4.52. The van der Waals surface area contributed by atoms with Crippen molar-refractivity contribution >= 4 is 15.9 Å². The molecule has 0 atom stereocenters. The number of hydrogen-bond donors (Lipinski definition) is 1. The van der Waals surface area contributed by atoms with Gasteiger partial charge in [-0.3, -0.25) is 9.82 Å². The van der Waals surface area contributed by atoms with Crippen LogP contribution in [0.2, 0.25) is 0 Å². The minimum absolute atomic E-state index is 0.291. The van der Waals surface area contributed by atoms with Gasteiger partial charge in [0.2, 0.25) is 0 Å². The number of rotatable bonds is 1. The van der Waals surface area contributed by atoms with Gasteiger partial charge in [0, 0.05) is 22.3 Å². The smallest absolute Gasteiger partial charge is 0.0887 e. The Hall–Kier alpha value is -0.450. The molecule has 3 nitrogen and oxygen atoms in total. The van der Waals surface area contributed by atoms with Crippen molar-refractivity contribution in [3.05, 3.63) is 28.5 Å². The van der Waals surface area contributed by atoms with Crippen molar-refractivity contribution in [2.75, 3.05) is 6.61 Å². The first-order valence-electron chi connectivity index (χ1n) is 4.78. The molecule has 2 aliphatic rings. The highest BCUT2D eigenvalue weighted by Crippen LogP contribution is 2.46. The summed E-state index contributed by atoms with van der Waals surface area (Å²) in [4.78, 5) is 9.41. The third-order valence-corrected chi connectivity index (χ3v) is 3.55. The Morgan fingerprint density at radius 3 is 2.79 bits per heavy atom. The van der Waals surface area contributed by atoms with E-state index in [4.69, 9.17) is 4.84 Å². The van der Waals surface area contributed by atoms with Crippen LogP contribution in [0.1, 0.15) is 24.5 Å². The Morgan fingerprint density at radius 2 is 2.29 bits per heavy atom. The summed E-state index contributed by atoms with van der Waals surface area (Å²) in [6, 6.07) is 4.15. The maximum atomic E-state index is 5.01. The van der Waals surface area contributed by atoms with E-state index >= 15 is 0 Å². The predicted molar refractivity (Wildman–Crippen MR) is 55.7 cm³/mol. The van der Waals surface area contributed by atoms with Crippen LogP contribution < -0.4 is 5.48 Å². The topological polar surface area (TPSA) is 34.1 Å². The maximum Gasteiger partial charge on any atom is 0.0887 e. The molecule has 2 fully saturated rings. The van der Waals surface area contributed by atoms with Crippen LogP contribution in [-0.2, 0) is 4.84 Å². The molecule has 0 unspecified atom stereocenters. The third kappa shape index (κ3) is 1.29. The normalized spacial score (nSPS) is 35.1. The Labute approximate surface area is 90.9 Å². The minimum Gasteiger partial charge on any atom is -0.299 e. The fraction of sp³-hybridized carbons (Fsp3) is 0.500. The Kier molecular flexibility index (Phi) is 1.90. The number of hydrogen-bond acceptors (Lipinski definition) is 3. The van der Waals surface area contributed by atoms with Gasteiger partial charge in [-0.25, -0.2) is 0 Å². The molecule has 1 N–H and O–H groups in total. The van der Waals surface area contributed by atoms with E-state index in [2.05, 4.69) is 38.5 Å². The highest BCUT2D eigenvalue weighted by Gasteiger charge is 2.50. The van der Waals surface area contributed by atoms with Crippen LogP contribution in [0.5, 0.6) is 0 Å². The van der Waals surface area contributed by atoms with Gasteiger partial charge in [0.25, 0.3) is 0 Å². The van der Waals surface area contributed by atoms with Gasteiger partial charge in [-0.15, -0.1) is 0 Å². The van der Waals surface area contributed by atoms with Crippen molar-refractivity contribution in [1.29, 1.82) is 0 Å². The Balaban J connectivity index is 1.70. The molecule has 1 aromatic rings. The van der Waals surface area contributed by atoms with Gasteiger partial charge in [-0.1, -0.05) is 0 Å². The summed E-state index contributed by atoms with van der Waals surface area (Å²) in [6.45, 7) is 0.861. The van der Waals surface area contributed by atoms with Crippen molar-refractivity contribution in [2.45, 2.75) is 24.3 Å². The van der Waals surface area contributed by atoms with Crippen LogP contribution in [0.25, 0.3) is 0 Å². The lowest BCUT2D eigenvalue weighted by Gasteiger charge is -2.53. The molecule has 1 saturated carbocycles. The molecular weight excluding hydrogens is 244 g/mol. The first kappa shape index (κ1) is 8.83. The highest BCUT2D eigenvalue weighted by molar-refractivity contribution is 9.10. The van der Waals surface area contributed by atoms with Crippen LogP contribution >= 0.6 is 15.9 Å². The molecule has 1 aliphatic heterocycles. The number of nitrogens with zero attached hydrogens (tertiary/aromatic N) is 1. The van der Waals surface area contributed by atoms with E-state index in [1.54, 1.807) is 0 Å². The zero-order chi connectivity index (χ0) is 9.60. The van der Waals surface area contributed by atoms with Gasteiger partial charge >= 0.3 is 0 Å². The number of aromatic nitrogens is 1. The van der Waals surface area contributed by atoms with E-state index in [0.717, 1.165) is 23.9 Å². The number of pyridine rings is 1.